The molecule has 0 unspecified atom stereocenters. The molecule has 0 atom stereocenters. The monoisotopic (exact) mass is 427 g/mol. The Balaban J connectivity index is 1.74. The van der Waals surface area contributed by atoms with Gasteiger partial charge in [-0.2, -0.15) is 5.10 Å². The highest BCUT2D eigenvalue weighted by Gasteiger charge is 2.18. The maximum Gasteiger partial charge on any atom is 0.274 e. The van der Waals surface area contributed by atoms with Crippen molar-refractivity contribution < 1.29 is 13.2 Å². The predicted molar refractivity (Wildman–Crippen MR) is 116 cm³/mol. The van der Waals surface area contributed by atoms with Crippen molar-refractivity contribution >= 4 is 26.5 Å². The van der Waals surface area contributed by atoms with E-state index in [0.29, 0.717) is 17.3 Å². The lowest BCUT2D eigenvalue weighted by atomic mass is 10.1. The topological polar surface area (TPSA) is 98.1 Å². The summed E-state index contributed by atoms with van der Waals surface area (Å²) in [6.45, 7) is 4.52. The van der Waals surface area contributed by atoms with Crippen LogP contribution in [0.5, 0.6) is 0 Å². The molecule has 0 fully saturated rings. The van der Waals surface area contributed by atoms with Crippen LogP contribution in [0, 0.1) is 5.92 Å². The Hall–Kier alpha value is -3.00. The first-order valence-corrected chi connectivity index (χ1v) is 11.5. The Labute approximate surface area is 175 Å². The highest BCUT2D eigenvalue weighted by atomic mass is 32.2. The highest BCUT2D eigenvalue weighted by Crippen LogP contribution is 2.14. The number of carbonyl (C=O) groups excluding carboxylic acids is 1. The zero-order chi connectivity index (χ0) is 21.7. The number of hydrogen-bond acceptors (Lipinski definition) is 5. The molecule has 1 aromatic heterocycles. The number of fused-ring (bicyclic) bond motifs is 1. The third-order valence-electron chi connectivity index (χ3n) is 4.60. The van der Waals surface area contributed by atoms with Crippen LogP contribution in [-0.2, 0) is 16.4 Å². The number of aromatic nitrogens is 2. The Morgan fingerprint density at radius 3 is 2.33 bits per heavy atom. The SMILES string of the molecule is CC(C)Cn1nc(C(=O)NCCCS(=O)(=O)c2ccccc2)c2ccccc2c1=O. The molecule has 0 saturated carbocycles. The summed E-state index contributed by atoms with van der Waals surface area (Å²) in [6, 6.07) is 15.1. The molecule has 3 rings (SSSR count). The summed E-state index contributed by atoms with van der Waals surface area (Å²) in [5, 5.41) is 7.94. The average Bonchev–Trinajstić information content (AvgIpc) is 2.73. The maximum atomic E-state index is 12.8. The van der Waals surface area contributed by atoms with Crippen LogP contribution in [0.1, 0.15) is 30.8 Å². The molecule has 0 aliphatic carbocycles. The van der Waals surface area contributed by atoms with Crippen molar-refractivity contribution in [2.45, 2.75) is 31.7 Å². The summed E-state index contributed by atoms with van der Waals surface area (Å²) in [7, 11) is -3.40. The van der Waals surface area contributed by atoms with E-state index in [-0.39, 0.29) is 40.8 Å². The van der Waals surface area contributed by atoms with Crippen LogP contribution in [0.4, 0.5) is 0 Å². The molecule has 2 aromatic carbocycles. The van der Waals surface area contributed by atoms with Gasteiger partial charge in [-0.3, -0.25) is 9.59 Å². The molecule has 0 radical (unpaired) electrons. The van der Waals surface area contributed by atoms with Gasteiger partial charge in [-0.25, -0.2) is 13.1 Å². The average molecular weight is 428 g/mol. The Morgan fingerprint density at radius 2 is 1.67 bits per heavy atom. The maximum absolute atomic E-state index is 12.8. The van der Waals surface area contributed by atoms with Gasteiger partial charge in [0.1, 0.15) is 0 Å². The standard InChI is InChI=1S/C22H25N3O4S/c1-16(2)15-25-22(27)19-12-7-6-11-18(19)20(24-25)21(26)23-13-8-14-30(28,29)17-9-4-3-5-10-17/h3-7,9-12,16H,8,13-15H2,1-2H3,(H,23,26). The molecule has 30 heavy (non-hydrogen) atoms. The fourth-order valence-electron chi connectivity index (χ4n) is 3.17. The van der Waals surface area contributed by atoms with Crippen LogP contribution < -0.4 is 10.9 Å². The van der Waals surface area contributed by atoms with E-state index in [1.54, 1.807) is 54.6 Å². The van der Waals surface area contributed by atoms with Gasteiger partial charge in [0.25, 0.3) is 11.5 Å². The van der Waals surface area contributed by atoms with Crippen molar-refractivity contribution in [3.8, 4) is 0 Å². The summed E-state index contributed by atoms with van der Waals surface area (Å²) >= 11 is 0. The lowest BCUT2D eigenvalue weighted by molar-refractivity contribution is 0.0948. The van der Waals surface area contributed by atoms with Crippen molar-refractivity contribution in [1.29, 1.82) is 0 Å². The molecular weight excluding hydrogens is 402 g/mol. The Bertz CT molecular complexity index is 1200. The first-order valence-electron chi connectivity index (χ1n) is 9.85. The number of nitrogens with one attached hydrogen (secondary N) is 1. The number of amides is 1. The zero-order valence-corrected chi connectivity index (χ0v) is 17.9. The minimum absolute atomic E-state index is 0.0711. The van der Waals surface area contributed by atoms with Gasteiger partial charge in [0.2, 0.25) is 0 Å². The van der Waals surface area contributed by atoms with Crippen molar-refractivity contribution in [2.75, 3.05) is 12.3 Å². The van der Waals surface area contributed by atoms with Crippen LogP contribution in [-0.4, -0.2) is 36.4 Å². The van der Waals surface area contributed by atoms with Crippen molar-refractivity contribution in [1.82, 2.24) is 15.1 Å². The summed E-state index contributed by atoms with van der Waals surface area (Å²) in [6.07, 6.45) is 0.270. The third-order valence-corrected chi connectivity index (χ3v) is 6.42. The Kier molecular flexibility index (Phi) is 6.66. The number of carbonyl (C=O) groups is 1. The second-order valence-corrected chi connectivity index (χ2v) is 9.63. The van der Waals surface area contributed by atoms with E-state index in [0.717, 1.165) is 0 Å². The van der Waals surface area contributed by atoms with Gasteiger partial charge in [0.15, 0.2) is 15.5 Å². The van der Waals surface area contributed by atoms with Crippen LogP contribution in [0.25, 0.3) is 10.8 Å². The smallest absolute Gasteiger partial charge is 0.274 e. The number of hydrogen-bond donors (Lipinski definition) is 1. The summed E-state index contributed by atoms with van der Waals surface area (Å²) in [5.41, 5.74) is -0.0680. The normalized spacial score (nSPS) is 11.7. The second-order valence-electron chi connectivity index (χ2n) is 7.52. The molecule has 0 saturated heterocycles. The molecule has 0 bridgehead atoms. The largest absolute Gasteiger partial charge is 0.351 e. The van der Waals surface area contributed by atoms with E-state index in [1.807, 2.05) is 13.8 Å². The highest BCUT2D eigenvalue weighted by molar-refractivity contribution is 7.91. The zero-order valence-electron chi connectivity index (χ0n) is 17.0. The van der Waals surface area contributed by atoms with Gasteiger partial charge in [0, 0.05) is 18.5 Å². The van der Waals surface area contributed by atoms with Gasteiger partial charge in [0.05, 0.1) is 16.0 Å². The Morgan fingerprint density at radius 1 is 1.03 bits per heavy atom. The quantitative estimate of drug-likeness (QED) is 0.557. The molecule has 0 spiro atoms. The number of nitrogens with zero attached hydrogens (tertiary/aromatic N) is 2. The van der Waals surface area contributed by atoms with Crippen LogP contribution in [0.2, 0.25) is 0 Å². The number of benzene rings is 2. The molecule has 158 valence electrons. The number of sulfone groups is 1. The van der Waals surface area contributed by atoms with Gasteiger partial charge in [-0.15, -0.1) is 0 Å². The fourth-order valence-corrected chi connectivity index (χ4v) is 4.50. The van der Waals surface area contributed by atoms with Crippen molar-refractivity contribution in [3.63, 3.8) is 0 Å². The molecule has 1 heterocycles. The van der Waals surface area contributed by atoms with E-state index in [2.05, 4.69) is 10.4 Å². The van der Waals surface area contributed by atoms with E-state index in [9.17, 15) is 18.0 Å². The predicted octanol–water partition coefficient (Wildman–Crippen LogP) is 2.65. The van der Waals surface area contributed by atoms with Gasteiger partial charge in [-0.05, 0) is 30.5 Å². The second kappa shape index (κ2) is 9.21. The molecule has 0 aliphatic rings. The van der Waals surface area contributed by atoms with E-state index in [1.165, 1.54) is 4.68 Å². The fraction of sp³-hybridized carbons (Fsp3) is 0.318. The van der Waals surface area contributed by atoms with Crippen LogP contribution >= 0.6 is 0 Å². The molecular formula is C22H25N3O4S. The van der Waals surface area contributed by atoms with Gasteiger partial charge < -0.3 is 5.32 Å². The minimum Gasteiger partial charge on any atom is -0.351 e. The summed E-state index contributed by atoms with van der Waals surface area (Å²) in [4.78, 5) is 25.7. The summed E-state index contributed by atoms with van der Waals surface area (Å²) < 4.78 is 26.0. The molecule has 1 N–H and O–H groups in total. The summed E-state index contributed by atoms with van der Waals surface area (Å²) in [5.74, 6) is -0.311. The molecule has 0 aliphatic heterocycles. The van der Waals surface area contributed by atoms with Crippen molar-refractivity contribution in [2.24, 2.45) is 5.92 Å². The molecule has 8 heteroatoms. The van der Waals surface area contributed by atoms with Crippen LogP contribution in [0.3, 0.4) is 0 Å². The first-order chi connectivity index (χ1) is 14.3. The number of rotatable bonds is 8. The van der Waals surface area contributed by atoms with Gasteiger partial charge >= 0.3 is 0 Å². The van der Waals surface area contributed by atoms with Crippen molar-refractivity contribution in [3.05, 3.63) is 70.6 Å². The van der Waals surface area contributed by atoms with Crippen LogP contribution in [0.15, 0.2) is 64.3 Å². The van der Waals surface area contributed by atoms with E-state index < -0.39 is 15.7 Å². The molecule has 1 amide bonds. The lowest BCUT2D eigenvalue weighted by Crippen LogP contribution is -2.32. The van der Waals surface area contributed by atoms with Gasteiger partial charge in [-0.1, -0.05) is 50.2 Å². The molecule has 3 aromatic rings. The lowest BCUT2D eigenvalue weighted by Gasteiger charge is -2.12. The first kappa shape index (κ1) is 21.7. The third kappa shape index (κ3) is 4.94. The van der Waals surface area contributed by atoms with E-state index in [4.69, 9.17) is 0 Å². The van der Waals surface area contributed by atoms with E-state index >= 15 is 0 Å². The minimum atomic E-state index is -3.40. The molecule has 7 nitrogen and oxygen atoms in total.